The lowest BCUT2D eigenvalue weighted by Gasteiger charge is -2.13. The molecule has 0 unspecified atom stereocenters. The molecule has 0 saturated heterocycles. The Labute approximate surface area is 162 Å². The van der Waals surface area contributed by atoms with Crippen molar-refractivity contribution in [2.24, 2.45) is 5.10 Å². The maximum Gasteiger partial charge on any atom is 0.341 e. The van der Waals surface area contributed by atoms with Crippen LogP contribution < -0.4 is 19.6 Å². The molecule has 0 aliphatic heterocycles. The highest BCUT2D eigenvalue weighted by Gasteiger charge is 2.13. The molecule has 0 saturated carbocycles. The molecule has 2 rings (SSSR count). The van der Waals surface area contributed by atoms with Crippen molar-refractivity contribution in [1.82, 2.24) is 5.43 Å². The predicted octanol–water partition coefficient (Wildman–Crippen LogP) is 3.33. The van der Waals surface area contributed by atoms with E-state index in [1.165, 1.54) is 0 Å². The molecule has 27 heavy (non-hydrogen) atoms. The summed E-state index contributed by atoms with van der Waals surface area (Å²) in [6, 6.07) is 10.9. The highest BCUT2D eigenvalue weighted by atomic mass is 35.5. The summed E-state index contributed by atoms with van der Waals surface area (Å²) in [7, 11) is 1.62. The third kappa shape index (κ3) is 6.07. The first-order valence-electron chi connectivity index (χ1n) is 8.23. The number of aliphatic carboxylic acids is 1. The highest BCUT2D eigenvalue weighted by Crippen LogP contribution is 2.36. The van der Waals surface area contributed by atoms with E-state index >= 15 is 0 Å². The van der Waals surface area contributed by atoms with Crippen molar-refractivity contribution in [3.63, 3.8) is 0 Å². The van der Waals surface area contributed by atoms with E-state index in [0.717, 1.165) is 11.3 Å². The Hall–Kier alpha value is -2.93. The second-order valence-electron chi connectivity index (χ2n) is 5.35. The van der Waals surface area contributed by atoms with E-state index in [1.54, 1.807) is 25.5 Å². The SMILES string of the molecule is CCOc1cc(/C=N/NCc2ccccc2OC)cc(Cl)c1OCC(=O)O. The molecule has 8 heteroatoms. The van der Waals surface area contributed by atoms with Gasteiger partial charge >= 0.3 is 5.97 Å². The standard InChI is InChI=1S/C19H21ClN2O5/c1-3-26-17-9-13(8-15(20)19(17)27-12-18(23)24)10-21-22-11-14-6-4-5-7-16(14)25-2/h4-10,22H,3,11-12H2,1-2H3,(H,23,24)/b21-10+. The van der Waals surface area contributed by atoms with Crippen LogP contribution in [0.4, 0.5) is 0 Å². The van der Waals surface area contributed by atoms with Gasteiger partial charge in [0.15, 0.2) is 18.1 Å². The Morgan fingerprint density at radius 1 is 1.26 bits per heavy atom. The van der Waals surface area contributed by atoms with Crippen LogP contribution in [0.15, 0.2) is 41.5 Å². The molecule has 2 aromatic rings. The van der Waals surface area contributed by atoms with Crippen LogP contribution in [0.5, 0.6) is 17.2 Å². The fourth-order valence-electron chi connectivity index (χ4n) is 2.30. The quantitative estimate of drug-likeness (QED) is 0.476. The monoisotopic (exact) mass is 392 g/mol. The number of carboxylic acid groups (broad SMARTS) is 1. The molecule has 0 atom stereocenters. The fourth-order valence-corrected chi connectivity index (χ4v) is 2.57. The predicted molar refractivity (Wildman–Crippen MR) is 103 cm³/mol. The molecular formula is C19H21ClN2O5. The normalized spacial score (nSPS) is 10.6. The summed E-state index contributed by atoms with van der Waals surface area (Å²) in [6.45, 7) is 2.18. The lowest BCUT2D eigenvalue weighted by molar-refractivity contribution is -0.139. The maximum absolute atomic E-state index is 10.7. The molecule has 0 amide bonds. The minimum Gasteiger partial charge on any atom is -0.496 e. The molecule has 0 aromatic heterocycles. The van der Waals surface area contributed by atoms with Gasteiger partial charge in [-0.1, -0.05) is 29.8 Å². The molecule has 0 heterocycles. The zero-order valence-corrected chi connectivity index (χ0v) is 15.8. The zero-order chi connectivity index (χ0) is 19.6. The summed E-state index contributed by atoms with van der Waals surface area (Å²) in [5.74, 6) is 0.235. The van der Waals surface area contributed by atoms with Gasteiger partial charge in [0, 0.05) is 5.56 Å². The van der Waals surface area contributed by atoms with Gasteiger partial charge in [-0.3, -0.25) is 0 Å². The van der Waals surface area contributed by atoms with Crippen LogP contribution in [-0.2, 0) is 11.3 Å². The van der Waals surface area contributed by atoms with Gasteiger partial charge in [-0.15, -0.1) is 0 Å². The third-order valence-corrected chi connectivity index (χ3v) is 3.72. The second-order valence-corrected chi connectivity index (χ2v) is 5.76. The molecule has 0 aliphatic rings. The van der Waals surface area contributed by atoms with Crippen molar-refractivity contribution in [3.05, 3.63) is 52.5 Å². The summed E-state index contributed by atoms with van der Waals surface area (Å²) in [5.41, 5.74) is 4.60. The average molecular weight is 393 g/mol. The summed E-state index contributed by atoms with van der Waals surface area (Å²) in [5, 5.41) is 13.2. The molecular weight excluding hydrogens is 372 g/mol. The van der Waals surface area contributed by atoms with E-state index in [0.29, 0.717) is 24.5 Å². The van der Waals surface area contributed by atoms with Gasteiger partial charge in [0.1, 0.15) is 5.75 Å². The summed E-state index contributed by atoms with van der Waals surface area (Å²) < 4.78 is 16.0. The van der Waals surface area contributed by atoms with Crippen LogP contribution in [-0.4, -0.2) is 37.6 Å². The van der Waals surface area contributed by atoms with Crippen molar-refractivity contribution < 1.29 is 24.1 Å². The highest BCUT2D eigenvalue weighted by molar-refractivity contribution is 6.32. The van der Waals surface area contributed by atoms with E-state index in [4.69, 9.17) is 30.9 Å². The first-order valence-corrected chi connectivity index (χ1v) is 8.61. The average Bonchev–Trinajstić information content (AvgIpc) is 2.65. The summed E-state index contributed by atoms with van der Waals surface area (Å²) in [4.78, 5) is 10.7. The second kappa shape index (κ2) is 10.3. The largest absolute Gasteiger partial charge is 0.496 e. The molecule has 2 aromatic carbocycles. The molecule has 2 N–H and O–H groups in total. The van der Waals surface area contributed by atoms with Gasteiger partial charge in [0.05, 0.1) is 31.5 Å². The minimum absolute atomic E-state index is 0.194. The number of carboxylic acids is 1. The van der Waals surface area contributed by atoms with Gasteiger partial charge in [-0.2, -0.15) is 5.10 Å². The van der Waals surface area contributed by atoms with Crippen LogP contribution >= 0.6 is 11.6 Å². The van der Waals surface area contributed by atoms with Crippen molar-refractivity contribution in [3.8, 4) is 17.2 Å². The number of hydrogen-bond acceptors (Lipinski definition) is 6. The first-order chi connectivity index (χ1) is 13.0. The summed E-state index contributed by atoms with van der Waals surface area (Å²) >= 11 is 6.21. The van der Waals surface area contributed by atoms with Crippen LogP contribution in [0, 0.1) is 0 Å². The minimum atomic E-state index is -1.10. The van der Waals surface area contributed by atoms with Gasteiger partial charge in [-0.25, -0.2) is 4.79 Å². The molecule has 144 valence electrons. The van der Waals surface area contributed by atoms with E-state index in [2.05, 4.69) is 10.5 Å². The van der Waals surface area contributed by atoms with Gasteiger partial charge in [0.2, 0.25) is 0 Å². The fraction of sp³-hybridized carbons (Fsp3) is 0.263. The van der Waals surface area contributed by atoms with Crippen LogP contribution in [0.2, 0.25) is 5.02 Å². The number of rotatable bonds is 10. The Kier molecular flexibility index (Phi) is 7.76. The number of hydrazone groups is 1. The van der Waals surface area contributed by atoms with Crippen LogP contribution in [0.3, 0.4) is 0 Å². The lowest BCUT2D eigenvalue weighted by Crippen LogP contribution is -2.11. The number of nitrogens with zero attached hydrogens (tertiary/aromatic N) is 1. The van der Waals surface area contributed by atoms with E-state index < -0.39 is 12.6 Å². The number of carbonyl (C=O) groups is 1. The smallest absolute Gasteiger partial charge is 0.341 e. The van der Waals surface area contributed by atoms with Gasteiger partial charge < -0.3 is 24.7 Å². The lowest BCUT2D eigenvalue weighted by atomic mass is 10.2. The molecule has 0 fully saturated rings. The van der Waals surface area contributed by atoms with Crippen LogP contribution in [0.25, 0.3) is 0 Å². The number of benzene rings is 2. The molecule has 0 bridgehead atoms. The van der Waals surface area contributed by atoms with Crippen molar-refractivity contribution in [1.29, 1.82) is 0 Å². The van der Waals surface area contributed by atoms with Gasteiger partial charge in [-0.05, 0) is 30.7 Å². The number of para-hydroxylation sites is 1. The topological polar surface area (TPSA) is 89.4 Å². The molecule has 0 aliphatic carbocycles. The number of hydrogen-bond donors (Lipinski definition) is 2. The maximum atomic E-state index is 10.7. The number of halogens is 1. The number of methoxy groups -OCH3 is 1. The molecule has 0 radical (unpaired) electrons. The Bertz CT molecular complexity index is 811. The first kappa shape index (κ1) is 20.4. The number of ether oxygens (including phenoxy) is 3. The zero-order valence-electron chi connectivity index (χ0n) is 15.1. The van der Waals surface area contributed by atoms with Crippen LogP contribution in [0.1, 0.15) is 18.1 Å². The Morgan fingerprint density at radius 2 is 2.04 bits per heavy atom. The van der Waals surface area contributed by atoms with E-state index in [-0.39, 0.29) is 10.8 Å². The van der Waals surface area contributed by atoms with Crippen molar-refractivity contribution in [2.75, 3.05) is 20.3 Å². The van der Waals surface area contributed by atoms with Crippen molar-refractivity contribution in [2.45, 2.75) is 13.5 Å². The van der Waals surface area contributed by atoms with Gasteiger partial charge in [0.25, 0.3) is 0 Å². The van der Waals surface area contributed by atoms with Crippen molar-refractivity contribution >= 4 is 23.8 Å². The summed E-state index contributed by atoms with van der Waals surface area (Å²) in [6.07, 6.45) is 1.59. The Morgan fingerprint density at radius 3 is 2.74 bits per heavy atom. The molecule has 0 spiro atoms. The Balaban J connectivity index is 2.08. The number of nitrogens with one attached hydrogen (secondary N) is 1. The molecule has 7 nitrogen and oxygen atoms in total. The third-order valence-electron chi connectivity index (χ3n) is 3.44. The van der Waals surface area contributed by atoms with E-state index in [1.807, 2.05) is 31.2 Å². The van der Waals surface area contributed by atoms with E-state index in [9.17, 15) is 4.79 Å².